The van der Waals surface area contributed by atoms with Crippen molar-refractivity contribution in [1.82, 2.24) is 4.98 Å². The highest BCUT2D eigenvalue weighted by atomic mass is 79.9. The van der Waals surface area contributed by atoms with Gasteiger partial charge in [-0.15, -0.1) is 0 Å². The number of benzene rings is 2. The van der Waals surface area contributed by atoms with Gasteiger partial charge in [0, 0.05) is 22.0 Å². The van der Waals surface area contributed by atoms with Gasteiger partial charge in [-0.2, -0.15) is 5.26 Å². The third-order valence-electron chi connectivity index (χ3n) is 3.37. The lowest BCUT2D eigenvalue weighted by atomic mass is 10.2. The van der Waals surface area contributed by atoms with Crippen molar-refractivity contribution in [3.05, 3.63) is 82.5 Å². The van der Waals surface area contributed by atoms with E-state index in [1.165, 1.54) is 6.20 Å². The van der Waals surface area contributed by atoms with Crippen LogP contribution < -0.4 is 10.6 Å². The lowest BCUT2D eigenvalue weighted by Crippen LogP contribution is -2.12. The molecular formula is C19H13BrN4O. The van der Waals surface area contributed by atoms with Crippen LogP contribution in [0.1, 0.15) is 15.9 Å². The number of nitrogens with zero attached hydrogens (tertiary/aromatic N) is 2. The molecule has 2 aromatic carbocycles. The van der Waals surface area contributed by atoms with Crippen molar-refractivity contribution >= 4 is 39.0 Å². The predicted molar refractivity (Wildman–Crippen MR) is 101 cm³/mol. The molecule has 5 nitrogen and oxygen atoms in total. The van der Waals surface area contributed by atoms with Gasteiger partial charge in [0.2, 0.25) is 0 Å². The number of halogens is 1. The Morgan fingerprint density at radius 2 is 1.84 bits per heavy atom. The van der Waals surface area contributed by atoms with Gasteiger partial charge in [-0.25, -0.2) is 4.98 Å². The molecule has 0 aliphatic carbocycles. The molecule has 0 fully saturated rings. The van der Waals surface area contributed by atoms with E-state index in [4.69, 9.17) is 5.26 Å². The maximum atomic E-state index is 12.3. The van der Waals surface area contributed by atoms with Crippen LogP contribution >= 0.6 is 15.9 Å². The van der Waals surface area contributed by atoms with E-state index < -0.39 is 0 Å². The molecule has 2 N–H and O–H groups in total. The molecule has 0 aliphatic rings. The number of rotatable bonds is 4. The first-order chi connectivity index (χ1) is 12.1. The smallest absolute Gasteiger partial charge is 0.257 e. The number of aromatic nitrogens is 1. The zero-order valence-electron chi connectivity index (χ0n) is 13.0. The van der Waals surface area contributed by atoms with Gasteiger partial charge < -0.3 is 10.6 Å². The number of amides is 1. The second-order valence-electron chi connectivity index (χ2n) is 5.21. The van der Waals surface area contributed by atoms with Crippen LogP contribution in [0.25, 0.3) is 0 Å². The average Bonchev–Trinajstić information content (AvgIpc) is 2.62. The molecule has 122 valence electrons. The van der Waals surface area contributed by atoms with Crippen LogP contribution in [0.5, 0.6) is 0 Å². The maximum Gasteiger partial charge on any atom is 0.257 e. The molecule has 0 saturated heterocycles. The summed E-state index contributed by atoms with van der Waals surface area (Å²) in [5.74, 6) is 0.359. The van der Waals surface area contributed by atoms with E-state index in [2.05, 4.69) is 31.5 Å². The standard InChI is InChI=1S/C19H13BrN4O/c20-15-4-2-6-17(10-15)23-18-8-7-14(12-22-18)19(25)24-16-5-1-3-13(9-16)11-21/h1-10,12H,(H,22,23)(H,24,25). The summed E-state index contributed by atoms with van der Waals surface area (Å²) in [6.07, 6.45) is 1.50. The van der Waals surface area contributed by atoms with Crippen LogP contribution in [0, 0.1) is 11.3 Å². The van der Waals surface area contributed by atoms with E-state index in [0.717, 1.165) is 10.2 Å². The molecule has 0 spiro atoms. The summed E-state index contributed by atoms with van der Waals surface area (Å²) < 4.78 is 0.966. The van der Waals surface area contributed by atoms with Crippen LogP contribution in [-0.4, -0.2) is 10.9 Å². The summed E-state index contributed by atoms with van der Waals surface area (Å²) in [7, 11) is 0. The second kappa shape index (κ2) is 7.60. The van der Waals surface area contributed by atoms with Gasteiger partial charge in [0.05, 0.1) is 17.2 Å². The Balaban J connectivity index is 1.69. The van der Waals surface area contributed by atoms with E-state index >= 15 is 0 Å². The normalized spacial score (nSPS) is 9.92. The van der Waals surface area contributed by atoms with Crippen LogP contribution in [0.4, 0.5) is 17.2 Å². The summed E-state index contributed by atoms with van der Waals surface area (Å²) in [6.45, 7) is 0. The third kappa shape index (κ3) is 4.43. The molecule has 0 atom stereocenters. The van der Waals surface area contributed by atoms with E-state index in [1.54, 1.807) is 36.4 Å². The molecule has 0 radical (unpaired) electrons. The molecule has 6 heteroatoms. The monoisotopic (exact) mass is 392 g/mol. The molecule has 3 aromatic rings. The van der Waals surface area contributed by atoms with Crippen LogP contribution in [0.3, 0.4) is 0 Å². The third-order valence-corrected chi connectivity index (χ3v) is 3.87. The lowest BCUT2D eigenvalue weighted by Gasteiger charge is -2.08. The number of nitriles is 1. The van der Waals surface area contributed by atoms with Crippen molar-refractivity contribution in [2.45, 2.75) is 0 Å². The first-order valence-electron chi connectivity index (χ1n) is 7.44. The molecular weight excluding hydrogens is 380 g/mol. The minimum absolute atomic E-state index is 0.281. The van der Waals surface area contributed by atoms with Crippen LogP contribution in [-0.2, 0) is 0 Å². The molecule has 1 heterocycles. The summed E-state index contributed by atoms with van der Waals surface area (Å²) in [5, 5.41) is 14.8. The maximum absolute atomic E-state index is 12.3. The fourth-order valence-corrected chi connectivity index (χ4v) is 2.59. The fraction of sp³-hybridized carbons (Fsp3) is 0. The second-order valence-corrected chi connectivity index (χ2v) is 6.13. The number of carbonyl (C=O) groups is 1. The zero-order chi connectivity index (χ0) is 17.6. The molecule has 0 saturated carbocycles. The Bertz CT molecular complexity index is 948. The van der Waals surface area contributed by atoms with E-state index in [9.17, 15) is 4.79 Å². The van der Waals surface area contributed by atoms with E-state index in [1.807, 2.05) is 30.3 Å². The van der Waals surface area contributed by atoms with Crippen molar-refractivity contribution in [2.24, 2.45) is 0 Å². The van der Waals surface area contributed by atoms with E-state index in [-0.39, 0.29) is 5.91 Å². The predicted octanol–water partition coefficient (Wildman–Crippen LogP) is 4.71. The number of hydrogen-bond acceptors (Lipinski definition) is 4. The summed E-state index contributed by atoms with van der Waals surface area (Å²) in [6, 6.07) is 19.9. The van der Waals surface area contributed by atoms with Gasteiger partial charge in [-0.1, -0.05) is 28.1 Å². The van der Waals surface area contributed by atoms with Gasteiger partial charge in [0.15, 0.2) is 0 Å². The largest absolute Gasteiger partial charge is 0.340 e. The first kappa shape index (κ1) is 16.7. The lowest BCUT2D eigenvalue weighted by molar-refractivity contribution is 0.102. The van der Waals surface area contributed by atoms with Gasteiger partial charge in [-0.3, -0.25) is 4.79 Å². The molecule has 0 bridgehead atoms. The quantitative estimate of drug-likeness (QED) is 0.673. The van der Waals surface area contributed by atoms with Gasteiger partial charge >= 0.3 is 0 Å². The number of nitrogens with one attached hydrogen (secondary N) is 2. The Hall–Kier alpha value is -3.17. The molecule has 1 amide bonds. The topological polar surface area (TPSA) is 77.8 Å². The Kier molecular flexibility index (Phi) is 5.07. The molecule has 3 rings (SSSR count). The minimum Gasteiger partial charge on any atom is -0.340 e. The molecule has 1 aromatic heterocycles. The Labute approximate surface area is 153 Å². The fourth-order valence-electron chi connectivity index (χ4n) is 2.19. The number of hydrogen-bond donors (Lipinski definition) is 2. The van der Waals surface area contributed by atoms with Crippen LogP contribution in [0.2, 0.25) is 0 Å². The van der Waals surface area contributed by atoms with Crippen molar-refractivity contribution in [1.29, 1.82) is 5.26 Å². The van der Waals surface area contributed by atoms with Gasteiger partial charge in [0.25, 0.3) is 5.91 Å². The SMILES string of the molecule is N#Cc1cccc(NC(=O)c2ccc(Nc3cccc(Br)c3)nc2)c1. The van der Waals surface area contributed by atoms with Crippen LogP contribution in [0.15, 0.2) is 71.3 Å². The first-order valence-corrected chi connectivity index (χ1v) is 8.23. The zero-order valence-corrected chi connectivity index (χ0v) is 14.6. The Morgan fingerprint density at radius 3 is 2.56 bits per heavy atom. The van der Waals surface area contributed by atoms with Crippen molar-refractivity contribution in [3.8, 4) is 6.07 Å². The molecule has 25 heavy (non-hydrogen) atoms. The summed E-state index contributed by atoms with van der Waals surface area (Å²) in [5.41, 5.74) is 2.39. The highest BCUT2D eigenvalue weighted by Gasteiger charge is 2.07. The highest BCUT2D eigenvalue weighted by molar-refractivity contribution is 9.10. The summed E-state index contributed by atoms with van der Waals surface area (Å²) in [4.78, 5) is 16.5. The number of anilines is 3. The average molecular weight is 393 g/mol. The van der Waals surface area contributed by atoms with Crippen molar-refractivity contribution in [3.63, 3.8) is 0 Å². The van der Waals surface area contributed by atoms with E-state index in [0.29, 0.717) is 22.6 Å². The summed E-state index contributed by atoms with van der Waals surface area (Å²) >= 11 is 3.41. The van der Waals surface area contributed by atoms with Gasteiger partial charge in [0.1, 0.15) is 5.82 Å². The Morgan fingerprint density at radius 1 is 1.04 bits per heavy atom. The van der Waals surface area contributed by atoms with Crippen molar-refractivity contribution in [2.75, 3.05) is 10.6 Å². The molecule has 0 unspecified atom stereocenters. The minimum atomic E-state index is -0.281. The van der Waals surface area contributed by atoms with Crippen molar-refractivity contribution < 1.29 is 4.79 Å². The highest BCUT2D eigenvalue weighted by Crippen LogP contribution is 2.19. The van der Waals surface area contributed by atoms with Gasteiger partial charge in [-0.05, 0) is 48.5 Å². The number of pyridine rings is 1. The molecule has 0 aliphatic heterocycles. The number of carbonyl (C=O) groups excluding carboxylic acids is 1.